The molecule has 142 valence electrons. The summed E-state index contributed by atoms with van der Waals surface area (Å²) in [6, 6.07) is 4.59. The molecule has 2 rings (SSSR count). The summed E-state index contributed by atoms with van der Waals surface area (Å²) in [5.41, 5.74) is 3.14. The first-order valence-corrected chi connectivity index (χ1v) is 13.6. The average Bonchev–Trinajstić information content (AvgIpc) is 2.58. The lowest BCUT2D eigenvalue weighted by Crippen LogP contribution is -2.46. The SMILES string of the molecule is C[Si](C)(C)C#CC(CS(=O)(=O)c1ccc([N+](=O)[O-])cc1)N1CCOCC1. The van der Waals surface area contributed by atoms with Crippen molar-refractivity contribution in [3.05, 3.63) is 34.4 Å². The maximum atomic E-state index is 12.8. The quantitative estimate of drug-likeness (QED) is 0.327. The van der Waals surface area contributed by atoms with Crippen LogP contribution in [0.25, 0.3) is 0 Å². The van der Waals surface area contributed by atoms with Crippen LogP contribution in [0.4, 0.5) is 5.69 Å². The second-order valence-corrected chi connectivity index (χ2v) is 14.0. The molecule has 0 aliphatic carbocycles. The molecule has 0 spiro atoms. The summed E-state index contributed by atoms with van der Waals surface area (Å²) in [4.78, 5) is 12.3. The Morgan fingerprint density at radius 2 is 1.81 bits per heavy atom. The molecule has 7 nitrogen and oxygen atoms in total. The van der Waals surface area contributed by atoms with Crippen molar-refractivity contribution < 1.29 is 18.1 Å². The third-order valence-electron chi connectivity index (χ3n) is 3.88. The lowest BCUT2D eigenvalue weighted by atomic mass is 10.3. The van der Waals surface area contributed by atoms with Crippen LogP contribution >= 0.6 is 0 Å². The number of nitrogens with zero attached hydrogens (tertiary/aromatic N) is 2. The number of nitro groups is 1. The Morgan fingerprint density at radius 1 is 1.23 bits per heavy atom. The molecule has 1 aromatic rings. The summed E-state index contributed by atoms with van der Waals surface area (Å²) in [6.07, 6.45) is 0. The number of ether oxygens (including phenoxy) is 1. The van der Waals surface area contributed by atoms with Crippen LogP contribution in [0.5, 0.6) is 0 Å². The van der Waals surface area contributed by atoms with E-state index >= 15 is 0 Å². The van der Waals surface area contributed by atoms with Gasteiger partial charge in [0.15, 0.2) is 9.84 Å². The number of sulfone groups is 1. The molecule has 1 unspecified atom stereocenters. The fraction of sp³-hybridized carbons (Fsp3) is 0.529. The molecule has 26 heavy (non-hydrogen) atoms. The van der Waals surface area contributed by atoms with Crippen molar-refractivity contribution in [1.82, 2.24) is 4.90 Å². The summed E-state index contributed by atoms with van der Waals surface area (Å²) < 4.78 is 31.0. The Balaban J connectivity index is 2.26. The van der Waals surface area contributed by atoms with Crippen molar-refractivity contribution in [3.63, 3.8) is 0 Å². The van der Waals surface area contributed by atoms with Crippen LogP contribution in [0.3, 0.4) is 0 Å². The summed E-state index contributed by atoms with van der Waals surface area (Å²) in [5, 5.41) is 10.7. The summed E-state index contributed by atoms with van der Waals surface area (Å²) in [5.74, 6) is 3.04. The Bertz CT molecular complexity index is 800. The normalized spacial score (nSPS) is 17.2. The highest BCUT2D eigenvalue weighted by atomic mass is 32.2. The van der Waals surface area contributed by atoms with Crippen LogP contribution in [-0.4, -0.2) is 64.4 Å². The van der Waals surface area contributed by atoms with Crippen molar-refractivity contribution in [2.45, 2.75) is 30.6 Å². The van der Waals surface area contributed by atoms with Crippen molar-refractivity contribution in [2.75, 3.05) is 32.1 Å². The van der Waals surface area contributed by atoms with Crippen molar-refractivity contribution in [1.29, 1.82) is 0 Å². The van der Waals surface area contributed by atoms with Gasteiger partial charge in [0.2, 0.25) is 0 Å². The molecule has 0 saturated carbocycles. The fourth-order valence-electron chi connectivity index (χ4n) is 2.51. The predicted molar refractivity (Wildman–Crippen MR) is 102 cm³/mol. The largest absolute Gasteiger partial charge is 0.379 e. The van der Waals surface area contributed by atoms with Gasteiger partial charge in [-0.2, -0.15) is 0 Å². The van der Waals surface area contributed by atoms with Gasteiger partial charge in [0.25, 0.3) is 5.69 Å². The van der Waals surface area contributed by atoms with Gasteiger partial charge in [-0.25, -0.2) is 8.42 Å². The van der Waals surface area contributed by atoms with Gasteiger partial charge in [-0.05, 0) is 12.1 Å². The van der Waals surface area contributed by atoms with Crippen molar-refractivity contribution >= 4 is 23.6 Å². The van der Waals surface area contributed by atoms with Crippen LogP contribution in [0.1, 0.15) is 0 Å². The number of nitro benzene ring substituents is 1. The molecule has 1 atom stereocenters. The molecule has 1 aromatic carbocycles. The zero-order valence-electron chi connectivity index (χ0n) is 15.3. The first kappa shape index (κ1) is 20.6. The minimum absolute atomic E-state index is 0.0798. The van der Waals surface area contributed by atoms with Crippen LogP contribution < -0.4 is 0 Å². The van der Waals surface area contributed by atoms with E-state index in [0.29, 0.717) is 26.3 Å². The van der Waals surface area contributed by atoms with Gasteiger partial charge in [-0.3, -0.25) is 15.0 Å². The summed E-state index contributed by atoms with van der Waals surface area (Å²) >= 11 is 0. The van der Waals surface area contributed by atoms with E-state index < -0.39 is 28.9 Å². The maximum absolute atomic E-state index is 12.8. The first-order chi connectivity index (χ1) is 12.1. The Hall–Kier alpha value is -1.73. The second kappa shape index (κ2) is 8.31. The van der Waals surface area contributed by atoms with Gasteiger partial charge in [0.1, 0.15) is 8.07 Å². The van der Waals surface area contributed by atoms with E-state index in [0.717, 1.165) is 0 Å². The van der Waals surface area contributed by atoms with Crippen molar-refractivity contribution in [3.8, 4) is 11.5 Å². The van der Waals surface area contributed by atoms with Gasteiger partial charge in [0, 0.05) is 25.2 Å². The Kier molecular flexibility index (Phi) is 6.57. The number of benzene rings is 1. The fourth-order valence-corrected chi connectivity index (χ4v) is 4.56. The third kappa shape index (κ3) is 5.91. The number of hydrogen-bond donors (Lipinski definition) is 0. The highest BCUT2D eigenvalue weighted by Gasteiger charge is 2.27. The molecule has 9 heteroatoms. The van der Waals surface area contributed by atoms with Gasteiger partial charge in [0.05, 0.1) is 34.8 Å². The third-order valence-corrected chi connectivity index (χ3v) is 6.52. The number of rotatable bonds is 5. The molecular formula is C17H24N2O5SSi. The number of hydrogen-bond acceptors (Lipinski definition) is 6. The summed E-state index contributed by atoms with van der Waals surface area (Å²) in [7, 11) is -5.26. The second-order valence-electron chi connectivity index (χ2n) is 7.22. The lowest BCUT2D eigenvalue weighted by Gasteiger charge is -2.31. The Labute approximate surface area is 155 Å². The smallest absolute Gasteiger partial charge is 0.269 e. The zero-order chi connectivity index (χ0) is 19.4. The molecule has 0 bridgehead atoms. The minimum atomic E-state index is -3.61. The average molecular weight is 397 g/mol. The lowest BCUT2D eigenvalue weighted by molar-refractivity contribution is -0.384. The van der Waals surface area contributed by atoms with Gasteiger partial charge >= 0.3 is 0 Å². The Morgan fingerprint density at radius 3 is 2.31 bits per heavy atom. The molecule has 0 radical (unpaired) electrons. The number of morpholine rings is 1. The highest BCUT2D eigenvalue weighted by molar-refractivity contribution is 7.91. The minimum Gasteiger partial charge on any atom is -0.379 e. The van der Waals surface area contributed by atoms with E-state index in [1.807, 2.05) is 4.90 Å². The molecular weight excluding hydrogens is 372 g/mol. The van der Waals surface area contributed by atoms with Crippen LogP contribution in [0, 0.1) is 21.6 Å². The van der Waals surface area contributed by atoms with E-state index in [2.05, 4.69) is 31.1 Å². The van der Waals surface area contributed by atoms with Crippen LogP contribution in [-0.2, 0) is 14.6 Å². The van der Waals surface area contributed by atoms with Crippen molar-refractivity contribution in [2.24, 2.45) is 0 Å². The molecule has 1 heterocycles. The van der Waals surface area contributed by atoms with E-state index in [9.17, 15) is 18.5 Å². The van der Waals surface area contributed by atoms with Crippen LogP contribution in [0.15, 0.2) is 29.2 Å². The highest BCUT2D eigenvalue weighted by Crippen LogP contribution is 2.19. The van der Waals surface area contributed by atoms with E-state index in [4.69, 9.17) is 4.74 Å². The molecule has 1 aliphatic heterocycles. The van der Waals surface area contributed by atoms with Gasteiger partial charge in [-0.15, -0.1) is 5.54 Å². The molecule has 0 aromatic heterocycles. The predicted octanol–water partition coefficient (Wildman–Crippen LogP) is 1.95. The molecule has 1 aliphatic rings. The summed E-state index contributed by atoms with van der Waals surface area (Å²) in [6.45, 7) is 8.73. The molecule has 0 amide bonds. The standard InChI is InChI=1S/C17H24N2O5SSi/c1-26(2,3)13-8-16(18-9-11-24-12-10-18)14-25(22,23)17-6-4-15(5-7-17)19(20)21/h4-7,16H,9-12,14H2,1-3H3. The topological polar surface area (TPSA) is 89.8 Å². The maximum Gasteiger partial charge on any atom is 0.269 e. The van der Waals surface area contributed by atoms with Gasteiger partial charge < -0.3 is 4.74 Å². The van der Waals surface area contributed by atoms with E-state index in [1.54, 1.807) is 0 Å². The van der Waals surface area contributed by atoms with E-state index in [-0.39, 0.29) is 16.3 Å². The van der Waals surface area contributed by atoms with Crippen LogP contribution in [0.2, 0.25) is 19.6 Å². The molecule has 0 N–H and O–H groups in total. The first-order valence-electron chi connectivity index (χ1n) is 8.40. The monoisotopic (exact) mass is 396 g/mol. The molecule has 1 saturated heterocycles. The number of non-ortho nitro benzene ring substituents is 1. The van der Waals surface area contributed by atoms with E-state index in [1.165, 1.54) is 24.3 Å². The zero-order valence-corrected chi connectivity index (χ0v) is 17.1. The molecule has 1 fully saturated rings. The van der Waals surface area contributed by atoms with Gasteiger partial charge in [-0.1, -0.05) is 25.6 Å².